The fraction of sp³-hybridized carbons (Fsp3) is 0.500. The van der Waals surface area contributed by atoms with Crippen LogP contribution in [-0.4, -0.2) is 6.54 Å². The Morgan fingerprint density at radius 3 is 2.93 bits per heavy atom. The summed E-state index contributed by atoms with van der Waals surface area (Å²) in [6.07, 6.45) is 4.17. The fourth-order valence-corrected chi connectivity index (χ4v) is 2.21. The minimum absolute atomic E-state index is 0.845. The summed E-state index contributed by atoms with van der Waals surface area (Å²) in [6, 6.07) is 5.98. The van der Waals surface area contributed by atoms with Gasteiger partial charge in [-0.2, -0.15) is 0 Å². The molecule has 0 heterocycles. The van der Waals surface area contributed by atoms with E-state index in [0.29, 0.717) is 0 Å². The molecule has 1 N–H and O–H groups in total. The quantitative estimate of drug-likeness (QED) is 0.808. The first kappa shape index (κ1) is 11.4. The lowest BCUT2D eigenvalue weighted by Crippen LogP contribution is -2.15. The minimum atomic E-state index is 0.845. The molecule has 1 aromatic rings. The Bertz CT molecular complexity index is 336. The van der Waals surface area contributed by atoms with Gasteiger partial charge in [0.15, 0.2) is 0 Å². The number of rotatable bonds is 5. The minimum Gasteiger partial charge on any atom is -0.313 e. The standard InChI is InChI=1S/C12H15BrClN/c13-11-3-4-12(14)10(7-11)8-15-6-5-9-1-2-9/h3-4,7,9,15H,1-2,5-6,8H2. The first-order chi connectivity index (χ1) is 7.25. The van der Waals surface area contributed by atoms with Crippen LogP contribution >= 0.6 is 27.5 Å². The highest BCUT2D eigenvalue weighted by molar-refractivity contribution is 9.10. The second-order valence-corrected chi connectivity index (χ2v) is 5.47. The van der Waals surface area contributed by atoms with Gasteiger partial charge >= 0.3 is 0 Å². The molecule has 1 nitrogen and oxygen atoms in total. The number of benzene rings is 1. The summed E-state index contributed by atoms with van der Waals surface area (Å²) in [7, 11) is 0. The van der Waals surface area contributed by atoms with E-state index in [-0.39, 0.29) is 0 Å². The molecular formula is C12H15BrClN. The summed E-state index contributed by atoms with van der Waals surface area (Å²) < 4.78 is 1.09. The molecule has 1 aromatic carbocycles. The normalized spacial score (nSPS) is 15.6. The molecule has 0 saturated heterocycles. The van der Waals surface area contributed by atoms with E-state index in [1.54, 1.807) is 0 Å². The molecule has 0 amide bonds. The predicted molar refractivity (Wildman–Crippen MR) is 68.2 cm³/mol. The molecule has 0 aliphatic heterocycles. The Morgan fingerprint density at radius 2 is 2.20 bits per heavy atom. The Balaban J connectivity index is 1.78. The molecule has 1 saturated carbocycles. The maximum atomic E-state index is 6.09. The lowest BCUT2D eigenvalue weighted by molar-refractivity contribution is 0.613. The van der Waals surface area contributed by atoms with Crippen LogP contribution in [0.3, 0.4) is 0 Å². The van der Waals surface area contributed by atoms with Crippen molar-refractivity contribution in [3.8, 4) is 0 Å². The van der Waals surface area contributed by atoms with Gasteiger partial charge in [-0.3, -0.25) is 0 Å². The summed E-state index contributed by atoms with van der Waals surface area (Å²) in [5, 5.41) is 4.28. The van der Waals surface area contributed by atoms with E-state index in [1.165, 1.54) is 24.8 Å². The lowest BCUT2D eigenvalue weighted by atomic mass is 10.2. The van der Waals surface area contributed by atoms with Gasteiger partial charge in [-0.1, -0.05) is 40.4 Å². The molecule has 0 unspecified atom stereocenters. The zero-order valence-electron chi connectivity index (χ0n) is 8.60. The Morgan fingerprint density at radius 1 is 1.40 bits per heavy atom. The van der Waals surface area contributed by atoms with Crippen molar-refractivity contribution in [2.45, 2.75) is 25.8 Å². The van der Waals surface area contributed by atoms with Crippen LogP contribution in [0, 0.1) is 5.92 Å². The molecule has 2 rings (SSSR count). The van der Waals surface area contributed by atoms with Crippen LogP contribution in [0.5, 0.6) is 0 Å². The lowest BCUT2D eigenvalue weighted by Gasteiger charge is -2.06. The average Bonchev–Trinajstić information content (AvgIpc) is 3.01. The molecular weight excluding hydrogens is 273 g/mol. The second kappa shape index (κ2) is 5.33. The van der Waals surface area contributed by atoms with Crippen LogP contribution in [0.1, 0.15) is 24.8 Å². The molecule has 82 valence electrons. The SMILES string of the molecule is Clc1ccc(Br)cc1CNCCC1CC1. The largest absolute Gasteiger partial charge is 0.313 e. The molecule has 0 aromatic heterocycles. The van der Waals surface area contributed by atoms with Crippen LogP contribution in [-0.2, 0) is 6.54 Å². The van der Waals surface area contributed by atoms with Gasteiger partial charge in [-0.25, -0.2) is 0 Å². The summed E-state index contributed by atoms with van der Waals surface area (Å²) in [5.74, 6) is 0.996. The highest BCUT2D eigenvalue weighted by atomic mass is 79.9. The molecule has 1 fully saturated rings. The van der Waals surface area contributed by atoms with Crippen LogP contribution in [0.15, 0.2) is 22.7 Å². The third-order valence-corrected chi connectivity index (χ3v) is 3.61. The van der Waals surface area contributed by atoms with E-state index in [0.717, 1.165) is 28.5 Å². The van der Waals surface area contributed by atoms with Gasteiger partial charge < -0.3 is 5.32 Å². The summed E-state index contributed by atoms with van der Waals surface area (Å²) in [6.45, 7) is 1.97. The van der Waals surface area contributed by atoms with Gasteiger partial charge in [0.25, 0.3) is 0 Å². The second-order valence-electron chi connectivity index (χ2n) is 4.14. The number of hydrogen-bond acceptors (Lipinski definition) is 1. The van der Waals surface area contributed by atoms with E-state index in [9.17, 15) is 0 Å². The highest BCUT2D eigenvalue weighted by Crippen LogP contribution is 2.31. The average molecular weight is 289 g/mol. The maximum absolute atomic E-state index is 6.09. The first-order valence-electron chi connectivity index (χ1n) is 5.40. The van der Waals surface area contributed by atoms with Crippen LogP contribution in [0.25, 0.3) is 0 Å². The van der Waals surface area contributed by atoms with E-state index in [1.807, 2.05) is 12.1 Å². The van der Waals surface area contributed by atoms with Crippen molar-refractivity contribution >= 4 is 27.5 Å². The molecule has 0 radical (unpaired) electrons. The van der Waals surface area contributed by atoms with Gasteiger partial charge in [0.1, 0.15) is 0 Å². The summed E-state index contributed by atoms with van der Waals surface area (Å²) in [4.78, 5) is 0. The Hall–Kier alpha value is -0.0500. The predicted octanol–water partition coefficient (Wildman–Crippen LogP) is 3.99. The van der Waals surface area contributed by atoms with Crippen molar-refractivity contribution in [2.75, 3.05) is 6.54 Å². The van der Waals surface area contributed by atoms with Crippen molar-refractivity contribution in [3.63, 3.8) is 0 Å². The van der Waals surface area contributed by atoms with Crippen LogP contribution < -0.4 is 5.32 Å². The van der Waals surface area contributed by atoms with E-state index in [2.05, 4.69) is 27.3 Å². The molecule has 1 aliphatic rings. The van der Waals surface area contributed by atoms with Gasteiger partial charge in [0.05, 0.1) is 0 Å². The fourth-order valence-electron chi connectivity index (χ4n) is 1.61. The summed E-state index contributed by atoms with van der Waals surface area (Å²) >= 11 is 9.54. The first-order valence-corrected chi connectivity index (χ1v) is 6.57. The third kappa shape index (κ3) is 3.78. The van der Waals surface area contributed by atoms with Gasteiger partial charge in [-0.05, 0) is 42.6 Å². The Labute approximate surface area is 104 Å². The van der Waals surface area contributed by atoms with Crippen molar-refractivity contribution in [2.24, 2.45) is 5.92 Å². The summed E-state index contributed by atoms with van der Waals surface area (Å²) in [5.41, 5.74) is 1.17. The number of halogens is 2. The zero-order valence-corrected chi connectivity index (χ0v) is 10.9. The smallest absolute Gasteiger partial charge is 0.0451 e. The van der Waals surface area contributed by atoms with Crippen LogP contribution in [0.2, 0.25) is 5.02 Å². The van der Waals surface area contributed by atoms with E-state index >= 15 is 0 Å². The monoisotopic (exact) mass is 287 g/mol. The van der Waals surface area contributed by atoms with Gasteiger partial charge in [0, 0.05) is 16.0 Å². The van der Waals surface area contributed by atoms with E-state index in [4.69, 9.17) is 11.6 Å². The maximum Gasteiger partial charge on any atom is 0.0451 e. The van der Waals surface area contributed by atoms with Crippen molar-refractivity contribution in [1.29, 1.82) is 0 Å². The van der Waals surface area contributed by atoms with Crippen LogP contribution in [0.4, 0.5) is 0 Å². The molecule has 1 aliphatic carbocycles. The molecule has 3 heteroatoms. The molecule has 0 spiro atoms. The third-order valence-electron chi connectivity index (χ3n) is 2.75. The van der Waals surface area contributed by atoms with Gasteiger partial charge in [0.2, 0.25) is 0 Å². The van der Waals surface area contributed by atoms with Crippen molar-refractivity contribution < 1.29 is 0 Å². The number of hydrogen-bond donors (Lipinski definition) is 1. The molecule has 15 heavy (non-hydrogen) atoms. The molecule has 0 bridgehead atoms. The topological polar surface area (TPSA) is 12.0 Å². The van der Waals surface area contributed by atoms with Gasteiger partial charge in [-0.15, -0.1) is 0 Å². The van der Waals surface area contributed by atoms with Crippen molar-refractivity contribution in [1.82, 2.24) is 5.32 Å². The zero-order chi connectivity index (χ0) is 10.7. The number of nitrogens with one attached hydrogen (secondary N) is 1. The Kier molecular flexibility index (Phi) is 4.06. The molecule has 0 atom stereocenters. The van der Waals surface area contributed by atoms with E-state index < -0.39 is 0 Å². The highest BCUT2D eigenvalue weighted by Gasteiger charge is 2.19. The van der Waals surface area contributed by atoms with Crippen molar-refractivity contribution in [3.05, 3.63) is 33.3 Å².